The fourth-order valence-electron chi connectivity index (χ4n) is 2.83. The molecular weight excluding hydrogens is 290 g/mol. The molecule has 1 aromatic heterocycles. The van der Waals surface area contributed by atoms with Gasteiger partial charge in [0.25, 0.3) is 0 Å². The number of aromatic nitrogens is 1. The molecule has 23 heavy (non-hydrogen) atoms. The number of carbonyl (C=O) groups excluding carboxylic acids is 1. The van der Waals surface area contributed by atoms with Crippen LogP contribution in [0.3, 0.4) is 0 Å². The van der Waals surface area contributed by atoms with Crippen molar-refractivity contribution < 1.29 is 9.53 Å². The average molecular weight is 315 g/mol. The molecule has 0 aliphatic heterocycles. The SMILES string of the molecule is CCCC[C@@H](C)n1cc(C(=O)OCC)c(=O)c2cc(C)ccc21. The molecule has 1 heterocycles. The average Bonchev–Trinajstić information content (AvgIpc) is 2.53. The van der Waals surface area contributed by atoms with Crippen LogP contribution in [0.5, 0.6) is 0 Å². The molecule has 4 heteroatoms. The summed E-state index contributed by atoms with van der Waals surface area (Å²) < 4.78 is 7.09. The Morgan fingerprint density at radius 2 is 2.04 bits per heavy atom. The van der Waals surface area contributed by atoms with Crippen molar-refractivity contribution in [1.82, 2.24) is 4.57 Å². The second-order valence-electron chi connectivity index (χ2n) is 6.01. The summed E-state index contributed by atoms with van der Waals surface area (Å²) in [7, 11) is 0. The third kappa shape index (κ3) is 3.63. The Kier molecular flexibility index (Phi) is 5.59. The second kappa shape index (κ2) is 7.44. The number of nitrogens with zero attached hydrogens (tertiary/aromatic N) is 1. The lowest BCUT2D eigenvalue weighted by molar-refractivity contribution is 0.0524. The molecule has 0 aliphatic rings. The van der Waals surface area contributed by atoms with Gasteiger partial charge < -0.3 is 9.30 Å². The van der Waals surface area contributed by atoms with E-state index in [9.17, 15) is 9.59 Å². The van der Waals surface area contributed by atoms with Crippen LogP contribution in [-0.2, 0) is 4.74 Å². The molecule has 0 N–H and O–H groups in total. The molecule has 1 aromatic carbocycles. The van der Waals surface area contributed by atoms with Crippen LogP contribution in [0.15, 0.2) is 29.2 Å². The molecule has 0 saturated heterocycles. The lowest BCUT2D eigenvalue weighted by atomic mass is 10.1. The molecule has 0 unspecified atom stereocenters. The van der Waals surface area contributed by atoms with Crippen molar-refractivity contribution >= 4 is 16.9 Å². The van der Waals surface area contributed by atoms with E-state index in [-0.39, 0.29) is 23.6 Å². The number of aryl methyl sites for hydroxylation is 1. The highest BCUT2D eigenvalue weighted by Gasteiger charge is 2.18. The normalized spacial score (nSPS) is 12.3. The molecule has 4 nitrogen and oxygen atoms in total. The maximum atomic E-state index is 12.7. The van der Waals surface area contributed by atoms with Gasteiger partial charge in [-0.1, -0.05) is 31.4 Å². The molecular formula is C19H25NO3. The monoisotopic (exact) mass is 315 g/mol. The van der Waals surface area contributed by atoms with E-state index in [1.54, 1.807) is 13.1 Å². The van der Waals surface area contributed by atoms with Gasteiger partial charge in [-0.2, -0.15) is 0 Å². The zero-order chi connectivity index (χ0) is 17.0. The summed E-state index contributed by atoms with van der Waals surface area (Å²) in [5, 5.41) is 0.582. The largest absolute Gasteiger partial charge is 0.462 e. The number of hydrogen-bond donors (Lipinski definition) is 0. The Morgan fingerprint density at radius 3 is 2.70 bits per heavy atom. The maximum Gasteiger partial charge on any atom is 0.343 e. The summed E-state index contributed by atoms with van der Waals surface area (Å²) in [6.45, 7) is 8.22. The van der Waals surface area contributed by atoms with Crippen LogP contribution in [0.25, 0.3) is 10.9 Å². The number of ether oxygens (including phenoxy) is 1. The minimum atomic E-state index is -0.544. The maximum absolute atomic E-state index is 12.7. The van der Waals surface area contributed by atoms with E-state index in [0.29, 0.717) is 5.39 Å². The number of carbonyl (C=O) groups is 1. The van der Waals surface area contributed by atoms with Crippen molar-refractivity contribution in [2.45, 2.75) is 53.0 Å². The summed E-state index contributed by atoms with van der Waals surface area (Å²) in [6.07, 6.45) is 4.89. The van der Waals surface area contributed by atoms with E-state index in [1.165, 1.54) is 0 Å². The Bertz CT molecular complexity index is 761. The van der Waals surface area contributed by atoms with E-state index in [2.05, 4.69) is 13.8 Å². The molecule has 0 saturated carbocycles. The first-order valence-electron chi connectivity index (χ1n) is 8.32. The van der Waals surface area contributed by atoms with E-state index in [4.69, 9.17) is 4.74 Å². The van der Waals surface area contributed by atoms with Crippen molar-refractivity contribution in [2.75, 3.05) is 6.61 Å². The highest BCUT2D eigenvalue weighted by molar-refractivity contribution is 5.94. The molecule has 0 bridgehead atoms. The standard InChI is InChI=1S/C19H25NO3/c1-5-7-8-14(4)20-12-16(19(22)23-6-2)18(21)15-11-13(3)9-10-17(15)20/h9-12,14H,5-8H2,1-4H3/t14-/m1/s1. The topological polar surface area (TPSA) is 48.3 Å². The molecule has 2 aromatic rings. The predicted molar refractivity (Wildman–Crippen MR) is 93.1 cm³/mol. The number of benzene rings is 1. The predicted octanol–water partition coefficient (Wildman–Crippen LogP) is 4.24. The number of unbranched alkanes of at least 4 members (excludes halogenated alkanes) is 1. The van der Waals surface area contributed by atoms with E-state index < -0.39 is 5.97 Å². The summed E-state index contributed by atoms with van der Waals surface area (Å²) >= 11 is 0. The van der Waals surface area contributed by atoms with Crippen molar-refractivity contribution in [3.8, 4) is 0 Å². The van der Waals surface area contributed by atoms with E-state index in [1.807, 2.05) is 29.7 Å². The van der Waals surface area contributed by atoms with Gasteiger partial charge in [-0.15, -0.1) is 0 Å². The first-order valence-corrected chi connectivity index (χ1v) is 8.32. The Hall–Kier alpha value is -2.10. The van der Waals surface area contributed by atoms with Crippen LogP contribution < -0.4 is 5.43 Å². The van der Waals surface area contributed by atoms with E-state index in [0.717, 1.165) is 30.3 Å². The van der Waals surface area contributed by atoms with Crippen LogP contribution in [0, 0.1) is 6.92 Å². The van der Waals surface area contributed by atoms with Crippen molar-refractivity contribution in [3.63, 3.8) is 0 Å². The molecule has 124 valence electrons. The number of esters is 1. The van der Waals surface area contributed by atoms with Crippen molar-refractivity contribution in [3.05, 3.63) is 45.7 Å². The lowest BCUT2D eigenvalue weighted by Gasteiger charge is -2.20. The minimum absolute atomic E-state index is 0.119. The third-order valence-electron chi connectivity index (χ3n) is 4.13. The van der Waals surface area contributed by atoms with Gasteiger partial charge in [0.2, 0.25) is 5.43 Å². The molecule has 0 fully saturated rings. The Balaban J connectivity index is 2.66. The van der Waals surface area contributed by atoms with Crippen LogP contribution in [0.2, 0.25) is 0 Å². The zero-order valence-electron chi connectivity index (χ0n) is 14.4. The molecule has 1 atom stereocenters. The summed E-state index contributed by atoms with van der Waals surface area (Å²) in [6, 6.07) is 6.02. The fourth-order valence-corrected chi connectivity index (χ4v) is 2.83. The quantitative estimate of drug-likeness (QED) is 0.749. The zero-order valence-corrected chi connectivity index (χ0v) is 14.4. The molecule has 0 radical (unpaired) electrons. The molecule has 2 rings (SSSR count). The number of fused-ring (bicyclic) bond motifs is 1. The second-order valence-corrected chi connectivity index (χ2v) is 6.01. The van der Waals surface area contributed by atoms with Crippen LogP contribution in [-0.4, -0.2) is 17.1 Å². The first-order chi connectivity index (χ1) is 11.0. The van der Waals surface area contributed by atoms with Gasteiger partial charge >= 0.3 is 5.97 Å². The third-order valence-corrected chi connectivity index (χ3v) is 4.13. The van der Waals surface area contributed by atoms with Crippen LogP contribution in [0.1, 0.15) is 62.0 Å². The summed E-state index contributed by atoms with van der Waals surface area (Å²) in [4.78, 5) is 24.8. The van der Waals surface area contributed by atoms with Gasteiger partial charge in [0.05, 0.1) is 12.1 Å². The minimum Gasteiger partial charge on any atom is -0.462 e. The Labute approximate surface area is 137 Å². The molecule has 0 spiro atoms. The number of hydrogen-bond acceptors (Lipinski definition) is 3. The van der Waals surface area contributed by atoms with Gasteiger partial charge in [0.1, 0.15) is 5.56 Å². The van der Waals surface area contributed by atoms with Gasteiger partial charge in [-0.25, -0.2) is 4.79 Å². The molecule has 0 amide bonds. The van der Waals surface area contributed by atoms with Crippen LogP contribution in [0.4, 0.5) is 0 Å². The first kappa shape index (κ1) is 17.3. The van der Waals surface area contributed by atoms with E-state index >= 15 is 0 Å². The van der Waals surface area contributed by atoms with Crippen molar-refractivity contribution in [2.24, 2.45) is 0 Å². The van der Waals surface area contributed by atoms with Crippen LogP contribution >= 0.6 is 0 Å². The summed E-state index contributed by atoms with van der Waals surface area (Å²) in [5.74, 6) is -0.544. The highest BCUT2D eigenvalue weighted by Crippen LogP contribution is 2.22. The van der Waals surface area contributed by atoms with Gasteiger partial charge in [-0.05, 0) is 39.3 Å². The Morgan fingerprint density at radius 1 is 1.30 bits per heavy atom. The van der Waals surface area contributed by atoms with Crippen molar-refractivity contribution in [1.29, 1.82) is 0 Å². The van der Waals surface area contributed by atoms with Gasteiger partial charge in [-0.3, -0.25) is 4.79 Å². The smallest absolute Gasteiger partial charge is 0.343 e. The number of pyridine rings is 1. The molecule has 0 aliphatic carbocycles. The summed E-state index contributed by atoms with van der Waals surface area (Å²) in [5.41, 5.74) is 1.75. The fraction of sp³-hybridized carbons (Fsp3) is 0.474. The highest BCUT2D eigenvalue weighted by atomic mass is 16.5. The van der Waals surface area contributed by atoms with Gasteiger partial charge in [0, 0.05) is 17.6 Å². The number of rotatable bonds is 6. The lowest BCUT2D eigenvalue weighted by Crippen LogP contribution is -2.22. The van der Waals surface area contributed by atoms with Gasteiger partial charge in [0.15, 0.2) is 0 Å².